The number of amides is 1. The highest BCUT2D eigenvalue weighted by molar-refractivity contribution is 9.10. The van der Waals surface area contributed by atoms with Crippen molar-refractivity contribution in [3.63, 3.8) is 0 Å². The van der Waals surface area contributed by atoms with Gasteiger partial charge in [0, 0.05) is 28.2 Å². The highest BCUT2D eigenvalue weighted by Crippen LogP contribution is 2.38. The number of nitro groups is 1. The van der Waals surface area contributed by atoms with E-state index in [9.17, 15) is 19.3 Å². The lowest BCUT2D eigenvalue weighted by molar-refractivity contribution is -0.384. The molecule has 1 fully saturated rings. The Balaban J connectivity index is 1.62. The van der Waals surface area contributed by atoms with Gasteiger partial charge < -0.3 is 4.42 Å². The lowest BCUT2D eigenvalue weighted by Gasteiger charge is -2.14. The van der Waals surface area contributed by atoms with E-state index >= 15 is 0 Å². The number of anilines is 1. The van der Waals surface area contributed by atoms with Crippen LogP contribution in [-0.4, -0.2) is 15.2 Å². The maximum atomic E-state index is 14.1. The van der Waals surface area contributed by atoms with Gasteiger partial charge in [0.15, 0.2) is 4.32 Å². The standard InChI is InChI=1S/C20H10BrFN2O4S2/c21-14-9-11(24(26)27)5-7-13(14)17-8-6-12(28-17)10-18-19(25)23(20(29)30-18)16-4-2-1-3-15(16)22/h1-10H/b18-10+. The van der Waals surface area contributed by atoms with Gasteiger partial charge in [-0.15, -0.1) is 0 Å². The first-order valence-electron chi connectivity index (χ1n) is 8.42. The fraction of sp³-hybridized carbons (Fsp3) is 0. The molecule has 10 heteroatoms. The second-order valence-electron chi connectivity index (χ2n) is 6.09. The summed E-state index contributed by atoms with van der Waals surface area (Å²) in [5.74, 6) is -0.125. The first-order valence-corrected chi connectivity index (χ1v) is 10.4. The number of carbonyl (C=O) groups is 1. The number of carbonyl (C=O) groups excluding carboxylic acids is 1. The van der Waals surface area contributed by atoms with Crippen LogP contribution in [0, 0.1) is 15.9 Å². The van der Waals surface area contributed by atoms with Crippen LogP contribution in [0.25, 0.3) is 17.4 Å². The molecule has 1 saturated heterocycles. The predicted octanol–water partition coefficient (Wildman–Crippen LogP) is 6.16. The summed E-state index contributed by atoms with van der Waals surface area (Å²) in [6.07, 6.45) is 1.53. The van der Waals surface area contributed by atoms with Crippen molar-refractivity contribution in [2.45, 2.75) is 0 Å². The van der Waals surface area contributed by atoms with Gasteiger partial charge in [0.25, 0.3) is 11.6 Å². The van der Waals surface area contributed by atoms with Crippen molar-refractivity contribution < 1.29 is 18.5 Å². The topological polar surface area (TPSA) is 76.6 Å². The van der Waals surface area contributed by atoms with Crippen LogP contribution in [0.1, 0.15) is 5.76 Å². The van der Waals surface area contributed by atoms with Gasteiger partial charge in [-0.25, -0.2) is 4.39 Å². The smallest absolute Gasteiger partial charge is 0.270 e. The largest absolute Gasteiger partial charge is 0.457 e. The third kappa shape index (κ3) is 3.81. The monoisotopic (exact) mass is 504 g/mol. The number of halogens is 2. The van der Waals surface area contributed by atoms with Crippen molar-refractivity contribution in [2.24, 2.45) is 0 Å². The van der Waals surface area contributed by atoms with Gasteiger partial charge in [0.1, 0.15) is 17.3 Å². The van der Waals surface area contributed by atoms with Gasteiger partial charge in [-0.1, -0.05) is 36.1 Å². The van der Waals surface area contributed by atoms with Crippen LogP contribution in [0.4, 0.5) is 15.8 Å². The molecule has 30 heavy (non-hydrogen) atoms. The Hall–Kier alpha value is -2.82. The summed E-state index contributed by atoms with van der Waals surface area (Å²) in [5, 5.41) is 10.9. The van der Waals surface area contributed by atoms with Gasteiger partial charge in [0.05, 0.1) is 15.5 Å². The van der Waals surface area contributed by atoms with Crippen LogP contribution in [0.15, 0.2) is 68.4 Å². The number of thiocarbonyl (C=S) groups is 1. The van der Waals surface area contributed by atoms with Crippen LogP contribution < -0.4 is 4.90 Å². The summed E-state index contributed by atoms with van der Waals surface area (Å²) in [5.41, 5.74) is 0.673. The van der Waals surface area contributed by atoms with E-state index in [4.69, 9.17) is 16.6 Å². The van der Waals surface area contributed by atoms with Crippen molar-refractivity contribution in [2.75, 3.05) is 4.90 Å². The fourth-order valence-electron chi connectivity index (χ4n) is 2.83. The van der Waals surface area contributed by atoms with Crippen LogP contribution in [0.3, 0.4) is 0 Å². The minimum atomic E-state index is -0.543. The third-order valence-corrected chi connectivity index (χ3v) is 6.17. The average Bonchev–Trinajstić information content (AvgIpc) is 3.27. The molecule has 1 aliphatic rings. The van der Waals surface area contributed by atoms with E-state index in [1.165, 1.54) is 36.4 Å². The van der Waals surface area contributed by atoms with Crippen molar-refractivity contribution in [3.05, 3.63) is 85.7 Å². The molecule has 0 radical (unpaired) electrons. The first kappa shape index (κ1) is 20.5. The number of non-ortho nitro benzene ring substituents is 1. The van der Waals surface area contributed by atoms with Crippen molar-refractivity contribution in [1.82, 2.24) is 0 Å². The number of thioether (sulfide) groups is 1. The van der Waals surface area contributed by atoms with E-state index in [-0.39, 0.29) is 15.7 Å². The Bertz CT molecular complexity index is 1240. The van der Waals surface area contributed by atoms with E-state index < -0.39 is 16.6 Å². The molecular formula is C20H10BrFN2O4S2. The molecule has 0 unspecified atom stereocenters. The number of para-hydroxylation sites is 1. The molecule has 0 bridgehead atoms. The number of furan rings is 1. The van der Waals surface area contributed by atoms with Crippen molar-refractivity contribution in [1.29, 1.82) is 0 Å². The summed E-state index contributed by atoms with van der Waals surface area (Å²) in [4.78, 5) is 24.6. The SMILES string of the molecule is O=C1/C(=C\c2ccc(-c3ccc([N+](=O)[O-])cc3Br)o2)SC(=S)N1c1ccccc1F. The van der Waals surface area contributed by atoms with Crippen LogP contribution in [0.5, 0.6) is 0 Å². The minimum Gasteiger partial charge on any atom is -0.457 e. The molecule has 6 nitrogen and oxygen atoms in total. The highest BCUT2D eigenvalue weighted by atomic mass is 79.9. The molecule has 3 aromatic rings. The Kier molecular flexibility index (Phi) is 5.54. The van der Waals surface area contributed by atoms with E-state index in [1.54, 1.807) is 24.3 Å². The molecule has 0 saturated carbocycles. The van der Waals surface area contributed by atoms with Gasteiger partial charge >= 0.3 is 0 Å². The molecular weight excluding hydrogens is 495 g/mol. The Labute approximate surface area is 187 Å². The van der Waals surface area contributed by atoms with E-state index in [0.717, 1.165) is 16.7 Å². The van der Waals surface area contributed by atoms with E-state index in [1.807, 2.05) is 0 Å². The molecule has 2 heterocycles. The van der Waals surface area contributed by atoms with Crippen LogP contribution in [0.2, 0.25) is 0 Å². The molecule has 0 spiro atoms. The van der Waals surface area contributed by atoms with Crippen molar-refractivity contribution in [3.8, 4) is 11.3 Å². The third-order valence-electron chi connectivity index (χ3n) is 4.22. The number of hydrogen-bond donors (Lipinski definition) is 0. The molecule has 0 aliphatic carbocycles. The zero-order valence-electron chi connectivity index (χ0n) is 14.9. The van der Waals surface area contributed by atoms with Gasteiger partial charge in [-0.05, 0) is 46.3 Å². The lowest BCUT2D eigenvalue weighted by Crippen LogP contribution is -2.28. The average molecular weight is 505 g/mol. The number of nitrogens with zero attached hydrogens (tertiary/aromatic N) is 2. The van der Waals surface area contributed by atoms with E-state index in [0.29, 0.717) is 26.5 Å². The van der Waals surface area contributed by atoms with Crippen LogP contribution >= 0.6 is 39.9 Å². The molecule has 1 aliphatic heterocycles. The maximum Gasteiger partial charge on any atom is 0.270 e. The maximum absolute atomic E-state index is 14.1. The number of benzene rings is 2. The highest BCUT2D eigenvalue weighted by Gasteiger charge is 2.35. The molecule has 0 atom stereocenters. The normalized spacial score (nSPS) is 15.3. The predicted molar refractivity (Wildman–Crippen MR) is 121 cm³/mol. The Morgan fingerprint density at radius 1 is 1.20 bits per heavy atom. The zero-order valence-corrected chi connectivity index (χ0v) is 18.1. The molecule has 4 rings (SSSR count). The summed E-state index contributed by atoms with van der Waals surface area (Å²) >= 11 is 9.61. The molecule has 1 aromatic heterocycles. The molecule has 150 valence electrons. The lowest BCUT2D eigenvalue weighted by atomic mass is 10.1. The summed E-state index contributed by atoms with van der Waals surface area (Å²) in [7, 11) is 0. The molecule has 2 aromatic carbocycles. The Morgan fingerprint density at radius 3 is 2.67 bits per heavy atom. The summed E-state index contributed by atoms with van der Waals surface area (Å²) in [6.45, 7) is 0. The number of hydrogen-bond acceptors (Lipinski definition) is 6. The first-order chi connectivity index (χ1) is 14.3. The summed E-state index contributed by atoms with van der Waals surface area (Å²) in [6, 6.07) is 13.6. The van der Waals surface area contributed by atoms with Crippen molar-refractivity contribution >= 4 is 67.6 Å². The van der Waals surface area contributed by atoms with Gasteiger partial charge in [0.2, 0.25) is 0 Å². The summed E-state index contributed by atoms with van der Waals surface area (Å²) < 4.78 is 20.6. The zero-order chi connectivity index (χ0) is 21.4. The quantitative estimate of drug-likeness (QED) is 0.183. The molecule has 1 amide bonds. The molecule has 0 N–H and O–H groups in total. The number of rotatable bonds is 4. The second-order valence-corrected chi connectivity index (χ2v) is 8.62. The van der Waals surface area contributed by atoms with Gasteiger partial charge in [-0.2, -0.15) is 0 Å². The van der Waals surface area contributed by atoms with Gasteiger partial charge in [-0.3, -0.25) is 19.8 Å². The van der Waals surface area contributed by atoms with E-state index in [2.05, 4.69) is 15.9 Å². The Morgan fingerprint density at radius 2 is 1.97 bits per heavy atom. The number of nitro benzene ring substituents is 1. The van der Waals surface area contributed by atoms with Crippen LogP contribution in [-0.2, 0) is 4.79 Å². The minimum absolute atomic E-state index is 0.0470. The second kappa shape index (κ2) is 8.13. The fourth-order valence-corrected chi connectivity index (χ4v) is 4.66.